The number of piperidine rings is 1. The van der Waals surface area contributed by atoms with E-state index in [0.717, 1.165) is 31.4 Å². The van der Waals surface area contributed by atoms with Crippen molar-refractivity contribution in [2.24, 2.45) is 0 Å². The third kappa shape index (κ3) is 2.16. The number of carbonyl (C=O) groups is 1. The van der Waals surface area contributed by atoms with Crippen molar-refractivity contribution in [3.63, 3.8) is 0 Å². The van der Waals surface area contributed by atoms with Crippen LogP contribution in [0.25, 0.3) is 5.52 Å². The number of amides is 1. The predicted octanol–water partition coefficient (Wildman–Crippen LogP) is 0.943. The van der Waals surface area contributed by atoms with Crippen LogP contribution < -0.4 is 5.32 Å². The Kier molecular flexibility index (Phi) is 3.17. The molecule has 1 fully saturated rings. The maximum absolute atomic E-state index is 12.6. The standard InChI is InChI=1S/C14H19N5O/c1-14(15-2)3-6-18(7-4-14)13(20)11-9-17-19-8-5-16-10-12(11)19/h5,8-10,15H,3-4,6-7H2,1-2H3. The third-order valence-electron chi connectivity index (χ3n) is 4.31. The summed E-state index contributed by atoms with van der Waals surface area (Å²) in [7, 11) is 1.98. The van der Waals surface area contributed by atoms with Crippen molar-refractivity contribution in [2.75, 3.05) is 20.1 Å². The Hall–Kier alpha value is -1.95. The van der Waals surface area contributed by atoms with E-state index < -0.39 is 0 Å². The normalized spacial score (nSPS) is 18.4. The van der Waals surface area contributed by atoms with Crippen LogP contribution in [0.1, 0.15) is 30.1 Å². The molecule has 0 spiro atoms. The van der Waals surface area contributed by atoms with Gasteiger partial charge < -0.3 is 10.2 Å². The van der Waals surface area contributed by atoms with Crippen molar-refractivity contribution in [1.29, 1.82) is 0 Å². The first-order valence-corrected chi connectivity index (χ1v) is 6.88. The van der Waals surface area contributed by atoms with E-state index in [1.807, 2.05) is 11.9 Å². The third-order valence-corrected chi connectivity index (χ3v) is 4.31. The van der Waals surface area contributed by atoms with Crippen molar-refractivity contribution in [3.05, 3.63) is 30.4 Å². The van der Waals surface area contributed by atoms with Crippen molar-refractivity contribution in [2.45, 2.75) is 25.3 Å². The average molecular weight is 273 g/mol. The molecule has 1 amide bonds. The number of fused-ring (bicyclic) bond motifs is 1. The largest absolute Gasteiger partial charge is 0.338 e. The molecule has 0 aromatic carbocycles. The molecule has 1 aliphatic heterocycles. The highest BCUT2D eigenvalue weighted by Crippen LogP contribution is 2.23. The minimum Gasteiger partial charge on any atom is -0.338 e. The van der Waals surface area contributed by atoms with E-state index >= 15 is 0 Å². The van der Waals surface area contributed by atoms with Gasteiger partial charge in [-0.25, -0.2) is 4.52 Å². The number of likely N-dealkylation sites (tertiary alicyclic amines) is 1. The first kappa shape index (κ1) is 13.1. The van der Waals surface area contributed by atoms with Gasteiger partial charge in [0.05, 0.1) is 23.5 Å². The second kappa shape index (κ2) is 4.86. The highest BCUT2D eigenvalue weighted by atomic mass is 16.2. The second-order valence-electron chi connectivity index (χ2n) is 5.57. The van der Waals surface area contributed by atoms with Crippen LogP contribution in [-0.2, 0) is 0 Å². The number of hydrogen-bond acceptors (Lipinski definition) is 4. The Morgan fingerprint density at radius 3 is 2.80 bits per heavy atom. The van der Waals surface area contributed by atoms with Crippen molar-refractivity contribution in [1.82, 2.24) is 24.8 Å². The molecular formula is C14H19N5O. The summed E-state index contributed by atoms with van der Waals surface area (Å²) < 4.78 is 1.68. The van der Waals surface area contributed by atoms with Crippen molar-refractivity contribution >= 4 is 11.4 Å². The smallest absolute Gasteiger partial charge is 0.257 e. The van der Waals surface area contributed by atoms with Gasteiger partial charge in [-0.05, 0) is 26.8 Å². The molecule has 20 heavy (non-hydrogen) atoms. The predicted molar refractivity (Wildman–Crippen MR) is 75.6 cm³/mol. The molecule has 6 heteroatoms. The fourth-order valence-electron chi connectivity index (χ4n) is 2.62. The van der Waals surface area contributed by atoms with Crippen molar-refractivity contribution in [3.8, 4) is 0 Å². The van der Waals surface area contributed by atoms with Crippen LogP contribution in [0.15, 0.2) is 24.8 Å². The minimum absolute atomic E-state index is 0.0474. The summed E-state index contributed by atoms with van der Waals surface area (Å²) in [6.07, 6.45) is 8.65. The lowest BCUT2D eigenvalue weighted by molar-refractivity contribution is 0.0663. The van der Waals surface area contributed by atoms with Gasteiger partial charge in [-0.1, -0.05) is 0 Å². The quantitative estimate of drug-likeness (QED) is 0.884. The number of nitrogens with one attached hydrogen (secondary N) is 1. The van der Waals surface area contributed by atoms with Gasteiger partial charge in [-0.2, -0.15) is 5.10 Å². The maximum Gasteiger partial charge on any atom is 0.257 e. The van der Waals surface area contributed by atoms with Gasteiger partial charge in [0, 0.05) is 31.0 Å². The average Bonchev–Trinajstić information content (AvgIpc) is 2.91. The Labute approximate surface area is 117 Å². The van der Waals surface area contributed by atoms with Crippen LogP contribution in [0.3, 0.4) is 0 Å². The van der Waals surface area contributed by atoms with Gasteiger partial charge in [-0.3, -0.25) is 9.78 Å². The lowest BCUT2D eigenvalue weighted by atomic mass is 9.89. The SMILES string of the molecule is CNC1(C)CCN(C(=O)c2cnn3ccncc23)CC1. The highest BCUT2D eigenvalue weighted by Gasteiger charge is 2.31. The molecule has 0 atom stereocenters. The zero-order valence-corrected chi connectivity index (χ0v) is 11.8. The maximum atomic E-state index is 12.6. The molecule has 1 aliphatic rings. The van der Waals surface area contributed by atoms with Crippen LogP contribution in [0.5, 0.6) is 0 Å². The number of aromatic nitrogens is 3. The van der Waals surface area contributed by atoms with Gasteiger partial charge >= 0.3 is 0 Å². The molecule has 3 heterocycles. The summed E-state index contributed by atoms with van der Waals surface area (Å²) >= 11 is 0. The molecule has 106 valence electrons. The van der Waals surface area contributed by atoms with Gasteiger partial charge in [0.15, 0.2) is 0 Å². The Bertz CT molecular complexity index is 627. The Balaban J connectivity index is 1.80. The van der Waals surface area contributed by atoms with E-state index in [0.29, 0.717) is 5.56 Å². The molecule has 1 saturated heterocycles. The fourth-order valence-corrected chi connectivity index (χ4v) is 2.62. The molecular weight excluding hydrogens is 254 g/mol. The molecule has 0 radical (unpaired) electrons. The molecule has 3 rings (SSSR count). The Morgan fingerprint density at radius 2 is 2.10 bits per heavy atom. The number of rotatable bonds is 2. The first-order valence-electron chi connectivity index (χ1n) is 6.88. The molecule has 0 unspecified atom stereocenters. The number of nitrogens with zero attached hydrogens (tertiary/aromatic N) is 4. The zero-order chi connectivity index (χ0) is 14.2. The van der Waals surface area contributed by atoms with Crippen LogP contribution >= 0.6 is 0 Å². The monoisotopic (exact) mass is 273 g/mol. The second-order valence-corrected chi connectivity index (χ2v) is 5.57. The van der Waals surface area contributed by atoms with E-state index in [2.05, 4.69) is 22.3 Å². The summed E-state index contributed by atoms with van der Waals surface area (Å²) in [6.45, 7) is 3.75. The van der Waals surface area contributed by atoms with E-state index in [1.54, 1.807) is 29.3 Å². The Morgan fingerprint density at radius 1 is 1.35 bits per heavy atom. The van der Waals surface area contributed by atoms with E-state index in [-0.39, 0.29) is 11.4 Å². The van der Waals surface area contributed by atoms with Crippen LogP contribution in [0, 0.1) is 0 Å². The summed E-state index contributed by atoms with van der Waals surface area (Å²) in [5, 5.41) is 7.54. The van der Waals surface area contributed by atoms with Crippen LogP contribution in [0.2, 0.25) is 0 Å². The molecule has 2 aromatic rings. The summed E-state index contributed by atoms with van der Waals surface area (Å²) in [4.78, 5) is 18.6. The molecule has 1 N–H and O–H groups in total. The fraction of sp³-hybridized carbons (Fsp3) is 0.500. The molecule has 0 saturated carbocycles. The van der Waals surface area contributed by atoms with Crippen LogP contribution in [0.4, 0.5) is 0 Å². The van der Waals surface area contributed by atoms with Gasteiger partial charge in [0.2, 0.25) is 0 Å². The van der Waals surface area contributed by atoms with Crippen LogP contribution in [-0.4, -0.2) is 51.1 Å². The first-order chi connectivity index (χ1) is 9.63. The van der Waals surface area contributed by atoms with E-state index in [4.69, 9.17) is 0 Å². The summed E-state index contributed by atoms with van der Waals surface area (Å²) in [6, 6.07) is 0. The summed E-state index contributed by atoms with van der Waals surface area (Å²) in [5.41, 5.74) is 1.53. The number of carbonyl (C=O) groups excluding carboxylic acids is 1. The lowest BCUT2D eigenvalue weighted by Gasteiger charge is -2.39. The molecule has 0 aliphatic carbocycles. The molecule has 2 aromatic heterocycles. The molecule has 6 nitrogen and oxygen atoms in total. The molecule has 0 bridgehead atoms. The topological polar surface area (TPSA) is 62.5 Å². The van der Waals surface area contributed by atoms with Gasteiger partial charge in [0.25, 0.3) is 5.91 Å². The summed E-state index contributed by atoms with van der Waals surface area (Å²) in [5.74, 6) is 0.0474. The van der Waals surface area contributed by atoms with Gasteiger partial charge in [0.1, 0.15) is 0 Å². The van der Waals surface area contributed by atoms with E-state index in [1.165, 1.54) is 0 Å². The zero-order valence-electron chi connectivity index (χ0n) is 11.8. The minimum atomic E-state index is 0.0474. The van der Waals surface area contributed by atoms with Gasteiger partial charge in [-0.15, -0.1) is 0 Å². The lowest BCUT2D eigenvalue weighted by Crippen LogP contribution is -2.51. The van der Waals surface area contributed by atoms with Crippen molar-refractivity contribution < 1.29 is 4.79 Å². The number of hydrogen-bond donors (Lipinski definition) is 1. The highest BCUT2D eigenvalue weighted by molar-refractivity contribution is 6.00. The van der Waals surface area contributed by atoms with E-state index in [9.17, 15) is 4.79 Å².